The van der Waals surface area contributed by atoms with E-state index in [1.807, 2.05) is 19.1 Å². The molecule has 0 aliphatic heterocycles. The van der Waals surface area contributed by atoms with Gasteiger partial charge in [-0.1, -0.05) is 0 Å². The van der Waals surface area contributed by atoms with Gasteiger partial charge >= 0.3 is 5.97 Å². The first-order chi connectivity index (χ1) is 8.97. The molecule has 4 heteroatoms. The van der Waals surface area contributed by atoms with Crippen LogP contribution in [0.2, 0.25) is 0 Å². The molecule has 19 heavy (non-hydrogen) atoms. The maximum Gasteiger partial charge on any atom is 0.335 e. The van der Waals surface area contributed by atoms with Crippen molar-refractivity contribution < 1.29 is 9.90 Å². The van der Waals surface area contributed by atoms with Gasteiger partial charge in [0, 0.05) is 22.0 Å². The number of rotatable bonds is 4. The molecular formula is C15H17NO2S. The van der Waals surface area contributed by atoms with Gasteiger partial charge in [0.2, 0.25) is 0 Å². The Kier molecular flexibility index (Phi) is 3.90. The van der Waals surface area contributed by atoms with Crippen LogP contribution in [0.1, 0.15) is 31.2 Å². The van der Waals surface area contributed by atoms with Crippen molar-refractivity contribution in [3.63, 3.8) is 0 Å². The SMILES string of the molecule is Cc1cc(NCc2cc(C)c(C)s2)ccc1C(=O)O. The molecule has 0 spiro atoms. The second kappa shape index (κ2) is 5.45. The number of anilines is 1. The third kappa shape index (κ3) is 3.15. The minimum Gasteiger partial charge on any atom is -0.478 e. The molecule has 0 aliphatic rings. The Bertz CT molecular complexity index is 597. The highest BCUT2D eigenvalue weighted by Gasteiger charge is 2.07. The number of benzene rings is 1. The Hall–Kier alpha value is -1.81. The van der Waals surface area contributed by atoms with E-state index in [-0.39, 0.29) is 0 Å². The molecule has 0 bridgehead atoms. The van der Waals surface area contributed by atoms with Gasteiger partial charge in [-0.2, -0.15) is 0 Å². The Morgan fingerprint density at radius 3 is 2.47 bits per heavy atom. The van der Waals surface area contributed by atoms with Crippen molar-refractivity contribution in [2.24, 2.45) is 0 Å². The van der Waals surface area contributed by atoms with Crippen LogP contribution in [0.25, 0.3) is 0 Å². The minimum absolute atomic E-state index is 0.355. The number of aryl methyl sites for hydroxylation is 3. The molecular weight excluding hydrogens is 258 g/mol. The van der Waals surface area contributed by atoms with Crippen molar-refractivity contribution in [2.75, 3.05) is 5.32 Å². The summed E-state index contributed by atoms with van der Waals surface area (Å²) in [5.74, 6) is -0.881. The van der Waals surface area contributed by atoms with Crippen molar-refractivity contribution in [3.8, 4) is 0 Å². The zero-order chi connectivity index (χ0) is 14.0. The molecule has 0 fully saturated rings. The molecule has 0 radical (unpaired) electrons. The molecule has 0 saturated heterocycles. The lowest BCUT2D eigenvalue weighted by atomic mass is 10.1. The second-order valence-corrected chi connectivity index (χ2v) is 5.98. The van der Waals surface area contributed by atoms with Gasteiger partial charge in [0.25, 0.3) is 0 Å². The molecule has 2 rings (SSSR count). The van der Waals surface area contributed by atoms with Gasteiger partial charge in [-0.05, 0) is 56.2 Å². The summed E-state index contributed by atoms with van der Waals surface area (Å²) >= 11 is 1.79. The first kappa shape index (κ1) is 13.6. The van der Waals surface area contributed by atoms with Gasteiger partial charge in [-0.15, -0.1) is 11.3 Å². The highest BCUT2D eigenvalue weighted by atomic mass is 32.1. The fourth-order valence-electron chi connectivity index (χ4n) is 1.94. The summed E-state index contributed by atoms with van der Waals surface area (Å²) in [6, 6.07) is 7.51. The molecule has 1 aromatic carbocycles. The number of thiophene rings is 1. The van der Waals surface area contributed by atoms with E-state index in [0.29, 0.717) is 5.56 Å². The molecule has 1 aromatic heterocycles. The van der Waals surface area contributed by atoms with Crippen molar-refractivity contribution >= 4 is 23.0 Å². The number of hydrogen-bond donors (Lipinski definition) is 2. The smallest absolute Gasteiger partial charge is 0.335 e. The van der Waals surface area contributed by atoms with Crippen molar-refractivity contribution in [2.45, 2.75) is 27.3 Å². The fourth-order valence-corrected chi connectivity index (χ4v) is 2.93. The molecule has 0 saturated carbocycles. The zero-order valence-electron chi connectivity index (χ0n) is 11.3. The Labute approximate surface area is 116 Å². The number of aromatic carboxylic acids is 1. The van der Waals surface area contributed by atoms with Gasteiger partial charge in [0.15, 0.2) is 0 Å². The fraction of sp³-hybridized carbons (Fsp3) is 0.267. The van der Waals surface area contributed by atoms with Crippen molar-refractivity contribution in [3.05, 3.63) is 50.7 Å². The number of nitrogens with one attached hydrogen (secondary N) is 1. The summed E-state index contributed by atoms with van der Waals surface area (Å²) in [6.07, 6.45) is 0. The van der Waals surface area contributed by atoms with E-state index in [0.717, 1.165) is 17.8 Å². The number of carboxylic acids is 1. The van der Waals surface area contributed by atoms with E-state index in [2.05, 4.69) is 25.2 Å². The highest BCUT2D eigenvalue weighted by molar-refractivity contribution is 7.12. The van der Waals surface area contributed by atoms with Crippen molar-refractivity contribution in [1.82, 2.24) is 0 Å². The average molecular weight is 275 g/mol. The molecule has 100 valence electrons. The maximum atomic E-state index is 10.9. The maximum absolute atomic E-state index is 10.9. The normalized spacial score (nSPS) is 10.5. The summed E-state index contributed by atoms with van der Waals surface area (Å²) in [5.41, 5.74) is 3.40. The van der Waals surface area contributed by atoms with Crippen molar-refractivity contribution in [1.29, 1.82) is 0 Å². The monoisotopic (exact) mass is 275 g/mol. The predicted octanol–water partition coefficient (Wildman–Crippen LogP) is 3.98. The topological polar surface area (TPSA) is 49.3 Å². The second-order valence-electron chi connectivity index (χ2n) is 4.64. The molecule has 0 aliphatic carbocycles. The summed E-state index contributed by atoms with van der Waals surface area (Å²) in [7, 11) is 0. The van der Waals surface area contributed by atoms with Gasteiger partial charge < -0.3 is 10.4 Å². The molecule has 0 unspecified atom stereocenters. The molecule has 0 amide bonds. The standard InChI is InChI=1S/C15H17NO2S/c1-9-7-13(19-11(9)3)8-16-12-4-5-14(15(17)18)10(2)6-12/h4-7,16H,8H2,1-3H3,(H,17,18). The van der Waals surface area contributed by atoms with Gasteiger partial charge in [-0.25, -0.2) is 4.79 Å². The van der Waals surface area contributed by atoms with E-state index < -0.39 is 5.97 Å². The number of carbonyl (C=O) groups is 1. The Morgan fingerprint density at radius 2 is 1.95 bits per heavy atom. The Balaban J connectivity index is 2.08. The van der Waals surface area contributed by atoms with Crippen LogP contribution in [0, 0.1) is 20.8 Å². The van der Waals surface area contributed by atoms with Crippen LogP contribution in [-0.4, -0.2) is 11.1 Å². The van der Waals surface area contributed by atoms with Crippen LogP contribution >= 0.6 is 11.3 Å². The van der Waals surface area contributed by atoms with Crippen LogP contribution in [0.3, 0.4) is 0 Å². The quantitative estimate of drug-likeness (QED) is 0.887. The summed E-state index contributed by atoms with van der Waals surface area (Å²) < 4.78 is 0. The van der Waals surface area contributed by atoms with Crippen LogP contribution in [0.15, 0.2) is 24.3 Å². The Morgan fingerprint density at radius 1 is 1.21 bits per heavy atom. The summed E-state index contributed by atoms with van der Waals surface area (Å²) in [6.45, 7) is 6.82. The lowest BCUT2D eigenvalue weighted by Crippen LogP contribution is -2.02. The van der Waals surface area contributed by atoms with Gasteiger partial charge in [0.1, 0.15) is 0 Å². The third-order valence-corrected chi connectivity index (χ3v) is 4.29. The molecule has 1 heterocycles. The van der Waals surface area contributed by atoms with Crippen LogP contribution in [-0.2, 0) is 6.54 Å². The van der Waals surface area contributed by atoms with E-state index in [9.17, 15) is 4.79 Å². The van der Waals surface area contributed by atoms with E-state index in [4.69, 9.17) is 5.11 Å². The van der Waals surface area contributed by atoms with Crippen LogP contribution in [0.5, 0.6) is 0 Å². The van der Waals surface area contributed by atoms with Crippen LogP contribution < -0.4 is 5.32 Å². The van der Waals surface area contributed by atoms with E-state index >= 15 is 0 Å². The number of carboxylic acid groups (broad SMARTS) is 1. The van der Waals surface area contributed by atoms with E-state index in [1.165, 1.54) is 15.3 Å². The van der Waals surface area contributed by atoms with E-state index in [1.54, 1.807) is 17.4 Å². The minimum atomic E-state index is -0.881. The number of hydrogen-bond acceptors (Lipinski definition) is 3. The molecule has 2 aromatic rings. The predicted molar refractivity (Wildman–Crippen MR) is 79.3 cm³/mol. The van der Waals surface area contributed by atoms with Gasteiger partial charge in [0.05, 0.1) is 5.56 Å². The average Bonchev–Trinajstić information content (AvgIpc) is 2.66. The summed E-state index contributed by atoms with van der Waals surface area (Å²) in [4.78, 5) is 13.6. The first-order valence-corrected chi connectivity index (χ1v) is 6.92. The molecule has 2 N–H and O–H groups in total. The largest absolute Gasteiger partial charge is 0.478 e. The highest BCUT2D eigenvalue weighted by Crippen LogP contribution is 2.22. The molecule has 3 nitrogen and oxygen atoms in total. The molecule has 0 atom stereocenters. The zero-order valence-corrected chi connectivity index (χ0v) is 12.1. The van der Waals surface area contributed by atoms with Gasteiger partial charge in [-0.3, -0.25) is 0 Å². The van der Waals surface area contributed by atoms with Crippen LogP contribution in [0.4, 0.5) is 5.69 Å². The lowest BCUT2D eigenvalue weighted by Gasteiger charge is -2.07. The lowest BCUT2D eigenvalue weighted by molar-refractivity contribution is 0.0696. The first-order valence-electron chi connectivity index (χ1n) is 6.11. The third-order valence-electron chi connectivity index (χ3n) is 3.14. The summed E-state index contributed by atoms with van der Waals surface area (Å²) in [5, 5.41) is 12.3.